The van der Waals surface area contributed by atoms with Gasteiger partial charge >= 0.3 is 29.6 Å². The Morgan fingerprint density at radius 1 is 1.06 bits per heavy atom. The van der Waals surface area contributed by atoms with Crippen molar-refractivity contribution in [3.05, 3.63) is 78.6 Å². The van der Waals surface area contributed by atoms with Crippen LogP contribution in [0.2, 0.25) is 0 Å². The average Bonchev–Trinajstić information content (AvgIpc) is 3.44. The molecule has 2 unspecified atom stereocenters. The molecule has 0 amide bonds. The third-order valence-electron chi connectivity index (χ3n) is 5.60. The van der Waals surface area contributed by atoms with Crippen LogP contribution in [0, 0.1) is 17.4 Å². The Kier molecular flexibility index (Phi) is 8.25. The molecule has 31 heavy (non-hydrogen) atoms. The number of piperidine rings is 1. The molecule has 0 spiro atoms. The number of hydrogen-bond acceptors (Lipinski definition) is 5. The molecule has 2 aliphatic rings. The Morgan fingerprint density at radius 3 is 2.42 bits per heavy atom. The molecule has 2 atom stereocenters. The van der Waals surface area contributed by atoms with E-state index < -0.39 is 0 Å². The van der Waals surface area contributed by atoms with E-state index in [-0.39, 0.29) is 29.6 Å². The predicted octanol–water partition coefficient (Wildman–Crippen LogP) is 1.95. The maximum Gasteiger partial charge on any atom is 1.00 e. The van der Waals surface area contributed by atoms with Gasteiger partial charge in [-0.15, -0.1) is 12.1 Å². The van der Waals surface area contributed by atoms with Crippen LogP contribution in [0.5, 0.6) is 11.5 Å². The van der Waals surface area contributed by atoms with E-state index in [2.05, 4.69) is 11.2 Å². The molecule has 1 aliphatic heterocycles. The summed E-state index contributed by atoms with van der Waals surface area (Å²) in [7, 11) is 0. The Bertz CT molecular complexity index is 1030. The van der Waals surface area contributed by atoms with Gasteiger partial charge in [0.25, 0.3) is 0 Å². The molecule has 1 saturated carbocycles. The summed E-state index contributed by atoms with van der Waals surface area (Å²) >= 11 is 0. The molecule has 2 fully saturated rings. The third-order valence-corrected chi connectivity index (χ3v) is 5.60. The van der Waals surface area contributed by atoms with Crippen LogP contribution < -0.4 is 34.3 Å². The number of rotatable bonds is 4. The van der Waals surface area contributed by atoms with Crippen molar-refractivity contribution in [2.45, 2.75) is 25.3 Å². The topological polar surface area (TPSA) is 66.2 Å². The zero-order valence-electron chi connectivity index (χ0n) is 17.6. The third kappa shape index (κ3) is 5.74. The molecule has 1 aliphatic carbocycles. The van der Waals surface area contributed by atoms with Crippen molar-refractivity contribution in [1.29, 1.82) is 5.26 Å². The SMILES string of the molecule is N#CN1CC2CCC1C2.O=[C-]c1ccc(-c2cnccc2Oc2ccccc2)cc1.[Na+]. The number of nitrogens with zero attached hydrogens (tertiary/aromatic N) is 3. The summed E-state index contributed by atoms with van der Waals surface area (Å²) in [6.07, 6.45) is 11.4. The van der Waals surface area contributed by atoms with E-state index in [1.807, 2.05) is 59.7 Å². The Labute approximate surface area is 205 Å². The first-order valence-corrected chi connectivity index (χ1v) is 10.1. The second-order valence-corrected chi connectivity index (χ2v) is 7.55. The van der Waals surface area contributed by atoms with Crippen molar-refractivity contribution >= 4 is 6.29 Å². The fraction of sp³-hybridized carbons (Fsp3) is 0.240. The van der Waals surface area contributed by atoms with Crippen molar-refractivity contribution in [1.82, 2.24) is 9.88 Å². The normalized spacial score (nSPS) is 18.2. The molecule has 2 aromatic carbocycles. The molecule has 150 valence electrons. The Morgan fingerprint density at radius 2 is 1.84 bits per heavy atom. The molecule has 6 heteroatoms. The van der Waals surface area contributed by atoms with E-state index in [1.165, 1.54) is 19.3 Å². The zero-order chi connectivity index (χ0) is 20.8. The Balaban J connectivity index is 0.000000227. The van der Waals surface area contributed by atoms with Gasteiger partial charge < -0.3 is 14.4 Å². The van der Waals surface area contributed by atoms with Crippen molar-refractivity contribution in [3.63, 3.8) is 0 Å². The van der Waals surface area contributed by atoms with Crippen LogP contribution in [0.3, 0.4) is 0 Å². The largest absolute Gasteiger partial charge is 1.00 e. The van der Waals surface area contributed by atoms with Crippen LogP contribution >= 0.6 is 0 Å². The second kappa shape index (κ2) is 11.1. The summed E-state index contributed by atoms with van der Waals surface area (Å²) in [6.45, 7) is 1.04. The summed E-state index contributed by atoms with van der Waals surface area (Å²) in [5.41, 5.74) is 2.33. The molecule has 0 N–H and O–H groups in total. The summed E-state index contributed by atoms with van der Waals surface area (Å²) in [5.74, 6) is 2.34. The molecule has 0 radical (unpaired) electrons. The number of benzene rings is 2. The van der Waals surface area contributed by atoms with Gasteiger partial charge in [0.05, 0.1) is 6.29 Å². The average molecular weight is 419 g/mol. The van der Waals surface area contributed by atoms with E-state index in [1.54, 1.807) is 24.5 Å². The molecule has 5 nitrogen and oxygen atoms in total. The van der Waals surface area contributed by atoms with Gasteiger partial charge in [-0.05, 0) is 48.9 Å². The smallest absolute Gasteiger partial charge is 0.457 e. The maximum atomic E-state index is 10.6. The number of aromatic nitrogens is 1. The fourth-order valence-corrected chi connectivity index (χ4v) is 4.07. The summed E-state index contributed by atoms with van der Waals surface area (Å²) in [4.78, 5) is 16.7. The second-order valence-electron chi connectivity index (χ2n) is 7.55. The summed E-state index contributed by atoms with van der Waals surface area (Å²) in [6, 6.07) is 19.2. The van der Waals surface area contributed by atoms with Crippen LogP contribution in [0.25, 0.3) is 11.1 Å². The van der Waals surface area contributed by atoms with Gasteiger partial charge in [0.15, 0.2) is 6.19 Å². The van der Waals surface area contributed by atoms with Gasteiger partial charge in [0.2, 0.25) is 0 Å². The molecule has 5 rings (SSSR count). The van der Waals surface area contributed by atoms with E-state index in [4.69, 9.17) is 10.00 Å². The number of carbonyl (C=O) groups excluding carboxylic acids is 1. The standard InChI is InChI=1S/C18H12NO2.C7H10N2.Na/c20-13-14-6-8-15(9-7-14)17-12-19-11-10-18(17)21-16-4-2-1-3-5-16;8-5-9-4-6-1-2-7(9)3-6;/h1-12H;6-7H,1-4H2;/q-1;;+1. The maximum absolute atomic E-state index is 10.6. The van der Waals surface area contributed by atoms with E-state index in [9.17, 15) is 4.79 Å². The molecule has 2 bridgehead atoms. The molecule has 3 aromatic rings. The van der Waals surface area contributed by atoms with Crippen LogP contribution in [-0.4, -0.2) is 28.8 Å². The van der Waals surface area contributed by atoms with Crippen molar-refractivity contribution < 1.29 is 39.1 Å². The van der Waals surface area contributed by atoms with E-state index in [0.717, 1.165) is 35.1 Å². The molecular weight excluding hydrogens is 397 g/mol. The Hall–Kier alpha value is -2.65. The van der Waals surface area contributed by atoms with Crippen LogP contribution in [0.4, 0.5) is 0 Å². The van der Waals surface area contributed by atoms with Gasteiger partial charge in [-0.1, -0.05) is 18.2 Å². The number of pyridine rings is 1. The number of para-hydroxylation sites is 1. The van der Waals surface area contributed by atoms with Crippen LogP contribution in [0.1, 0.15) is 24.8 Å². The number of likely N-dealkylation sites (tertiary alicyclic amines) is 1. The minimum absolute atomic E-state index is 0. The van der Waals surface area contributed by atoms with E-state index in [0.29, 0.717) is 11.6 Å². The minimum Gasteiger partial charge on any atom is -0.457 e. The quantitative estimate of drug-likeness (QED) is 0.368. The van der Waals surface area contributed by atoms with Gasteiger partial charge in [-0.3, -0.25) is 4.98 Å². The number of fused-ring (bicyclic) bond motifs is 2. The van der Waals surface area contributed by atoms with Crippen LogP contribution in [0.15, 0.2) is 73.1 Å². The number of ether oxygens (including phenoxy) is 1. The van der Waals surface area contributed by atoms with Crippen molar-refractivity contribution in [2.75, 3.05) is 6.54 Å². The van der Waals surface area contributed by atoms with Gasteiger partial charge in [-0.2, -0.15) is 23.0 Å². The zero-order valence-corrected chi connectivity index (χ0v) is 19.6. The monoisotopic (exact) mass is 419 g/mol. The molecular formula is C25H22N3NaO2. The van der Waals surface area contributed by atoms with Crippen LogP contribution in [-0.2, 0) is 4.79 Å². The number of hydrogen-bond donors (Lipinski definition) is 0. The first kappa shape index (κ1) is 23.0. The molecule has 1 aromatic heterocycles. The predicted molar refractivity (Wildman–Crippen MR) is 114 cm³/mol. The van der Waals surface area contributed by atoms with Crippen molar-refractivity contribution in [2.24, 2.45) is 5.92 Å². The molecule has 2 heterocycles. The summed E-state index contributed by atoms with van der Waals surface area (Å²) in [5, 5.41) is 8.56. The minimum atomic E-state index is 0. The first-order chi connectivity index (χ1) is 14.8. The fourth-order valence-electron chi connectivity index (χ4n) is 4.07. The van der Waals surface area contributed by atoms with Gasteiger partial charge in [0.1, 0.15) is 11.5 Å². The molecule has 1 saturated heterocycles. The van der Waals surface area contributed by atoms with Gasteiger partial charge in [0, 0.05) is 30.5 Å². The first-order valence-electron chi connectivity index (χ1n) is 10.1. The van der Waals surface area contributed by atoms with E-state index >= 15 is 0 Å². The van der Waals surface area contributed by atoms with Crippen molar-refractivity contribution in [3.8, 4) is 28.8 Å². The number of nitriles is 1. The van der Waals surface area contributed by atoms with Gasteiger partial charge in [-0.25, -0.2) is 0 Å². The summed E-state index contributed by atoms with van der Waals surface area (Å²) < 4.78 is 5.90.